The molecular formula is C13H21BrClNO. The zero-order chi connectivity index (χ0) is 12.1. The van der Waals surface area contributed by atoms with Crippen molar-refractivity contribution in [3.63, 3.8) is 0 Å². The third-order valence-corrected chi connectivity index (χ3v) is 2.89. The number of benzene rings is 1. The third kappa shape index (κ3) is 5.28. The molecule has 0 fully saturated rings. The van der Waals surface area contributed by atoms with E-state index in [0.717, 1.165) is 22.2 Å². The van der Waals surface area contributed by atoms with Crippen LogP contribution in [-0.4, -0.2) is 6.61 Å². The Bertz CT molecular complexity index is 344. The second kappa shape index (κ2) is 7.96. The van der Waals surface area contributed by atoms with Crippen LogP contribution in [0.2, 0.25) is 0 Å². The Morgan fingerprint density at radius 2 is 2.00 bits per heavy atom. The first kappa shape index (κ1) is 16.8. The summed E-state index contributed by atoms with van der Waals surface area (Å²) in [6, 6.07) is 6.05. The summed E-state index contributed by atoms with van der Waals surface area (Å²) in [6.07, 6.45) is 0.969. The number of ether oxygens (including phenoxy) is 1. The third-order valence-electron chi connectivity index (χ3n) is 2.40. The molecule has 0 radical (unpaired) electrons. The van der Waals surface area contributed by atoms with Gasteiger partial charge in [-0.05, 0) is 37.5 Å². The summed E-state index contributed by atoms with van der Waals surface area (Å²) in [7, 11) is 0. The summed E-state index contributed by atoms with van der Waals surface area (Å²) in [5.41, 5.74) is 7.28. The molecule has 0 aliphatic heterocycles. The van der Waals surface area contributed by atoms with E-state index in [2.05, 4.69) is 35.8 Å². The van der Waals surface area contributed by atoms with Crippen LogP contribution >= 0.6 is 28.3 Å². The summed E-state index contributed by atoms with van der Waals surface area (Å²) in [4.78, 5) is 0. The van der Waals surface area contributed by atoms with E-state index in [1.165, 1.54) is 0 Å². The lowest BCUT2D eigenvalue weighted by atomic mass is 9.97. The fourth-order valence-electron chi connectivity index (χ4n) is 1.73. The van der Waals surface area contributed by atoms with Crippen LogP contribution in [0, 0.1) is 5.92 Å². The second-order valence-corrected chi connectivity index (χ2v) is 5.27. The Morgan fingerprint density at radius 3 is 2.53 bits per heavy atom. The van der Waals surface area contributed by atoms with Crippen LogP contribution in [0.15, 0.2) is 22.7 Å². The fraction of sp³-hybridized carbons (Fsp3) is 0.538. The van der Waals surface area contributed by atoms with E-state index in [1.54, 1.807) is 0 Å². The highest BCUT2D eigenvalue weighted by Crippen LogP contribution is 2.30. The van der Waals surface area contributed by atoms with E-state index in [0.29, 0.717) is 12.5 Å². The minimum Gasteiger partial charge on any atom is -0.494 e. The number of hydrogen-bond donors (Lipinski definition) is 1. The van der Waals surface area contributed by atoms with Crippen LogP contribution in [0.4, 0.5) is 0 Å². The predicted octanol–water partition coefficient (Wildman–Crippen LogP) is 4.32. The first-order valence-electron chi connectivity index (χ1n) is 5.72. The zero-order valence-electron chi connectivity index (χ0n) is 10.6. The molecule has 0 bridgehead atoms. The molecule has 0 saturated carbocycles. The Morgan fingerprint density at radius 1 is 1.35 bits per heavy atom. The number of halogens is 2. The maximum Gasteiger partial charge on any atom is 0.124 e. The van der Waals surface area contributed by atoms with Gasteiger partial charge in [0.15, 0.2) is 0 Å². The summed E-state index contributed by atoms with van der Waals surface area (Å²) in [6.45, 7) is 7.01. The van der Waals surface area contributed by atoms with Crippen molar-refractivity contribution in [2.24, 2.45) is 11.7 Å². The molecule has 1 aromatic rings. The van der Waals surface area contributed by atoms with Gasteiger partial charge >= 0.3 is 0 Å². The van der Waals surface area contributed by atoms with Gasteiger partial charge in [0.25, 0.3) is 0 Å². The van der Waals surface area contributed by atoms with Gasteiger partial charge in [0.05, 0.1) is 6.61 Å². The molecule has 98 valence electrons. The molecule has 0 aliphatic rings. The molecule has 2 N–H and O–H groups in total. The lowest BCUT2D eigenvalue weighted by molar-refractivity contribution is 0.332. The van der Waals surface area contributed by atoms with Gasteiger partial charge in [-0.15, -0.1) is 12.4 Å². The number of rotatable bonds is 5. The smallest absolute Gasteiger partial charge is 0.124 e. The minimum atomic E-state index is 0. The maximum atomic E-state index is 6.20. The van der Waals surface area contributed by atoms with E-state index in [4.69, 9.17) is 10.5 Å². The fourth-order valence-corrected chi connectivity index (χ4v) is 2.11. The average Bonchev–Trinajstić information content (AvgIpc) is 2.20. The zero-order valence-corrected chi connectivity index (χ0v) is 13.0. The van der Waals surface area contributed by atoms with Crippen LogP contribution < -0.4 is 10.5 Å². The van der Waals surface area contributed by atoms with Crippen molar-refractivity contribution >= 4 is 28.3 Å². The summed E-state index contributed by atoms with van der Waals surface area (Å²) >= 11 is 3.47. The van der Waals surface area contributed by atoms with Crippen LogP contribution in [0.5, 0.6) is 5.75 Å². The van der Waals surface area contributed by atoms with Crippen LogP contribution in [0.1, 0.15) is 38.8 Å². The van der Waals surface area contributed by atoms with Crippen molar-refractivity contribution in [1.29, 1.82) is 0 Å². The van der Waals surface area contributed by atoms with E-state index in [9.17, 15) is 0 Å². The summed E-state index contributed by atoms with van der Waals surface area (Å²) in [5.74, 6) is 1.49. The molecule has 1 aromatic carbocycles. The maximum absolute atomic E-state index is 6.20. The average molecular weight is 323 g/mol. The van der Waals surface area contributed by atoms with Gasteiger partial charge < -0.3 is 10.5 Å². The molecule has 2 nitrogen and oxygen atoms in total. The van der Waals surface area contributed by atoms with E-state index in [1.807, 2.05) is 19.1 Å². The highest BCUT2D eigenvalue weighted by molar-refractivity contribution is 9.10. The number of hydrogen-bond acceptors (Lipinski definition) is 2. The molecule has 1 atom stereocenters. The Hall–Kier alpha value is -0.250. The lowest BCUT2D eigenvalue weighted by Gasteiger charge is -2.18. The largest absolute Gasteiger partial charge is 0.494 e. The minimum absolute atomic E-state index is 0. The quantitative estimate of drug-likeness (QED) is 0.876. The molecule has 0 spiro atoms. The molecule has 0 unspecified atom stereocenters. The molecule has 0 aromatic heterocycles. The number of nitrogens with two attached hydrogens (primary N) is 1. The molecule has 1 rings (SSSR count). The van der Waals surface area contributed by atoms with Crippen molar-refractivity contribution in [2.45, 2.75) is 33.2 Å². The molecule has 0 saturated heterocycles. The predicted molar refractivity (Wildman–Crippen MR) is 78.9 cm³/mol. The van der Waals surface area contributed by atoms with Gasteiger partial charge in [-0.3, -0.25) is 0 Å². The van der Waals surface area contributed by atoms with Gasteiger partial charge in [0, 0.05) is 16.1 Å². The van der Waals surface area contributed by atoms with Gasteiger partial charge in [0.2, 0.25) is 0 Å². The molecular weight excluding hydrogens is 302 g/mol. The van der Waals surface area contributed by atoms with Crippen molar-refractivity contribution < 1.29 is 4.74 Å². The second-order valence-electron chi connectivity index (χ2n) is 4.35. The standard InChI is InChI=1S/C13H20BrNO.ClH/c1-4-16-13-6-5-10(14)8-11(13)12(15)7-9(2)3;/h5-6,8-9,12H,4,7,15H2,1-3H3;1H/t12-;/m0./s1. The van der Waals surface area contributed by atoms with Gasteiger partial charge in [-0.1, -0.05) is 29.8 Å². The Kier molecular flexibility index (Phi) is 7.84. The molecule has 0 heterocycles. The van der Waals surface area contributed by atoms with Crippen molar-refractivity contribution in [1.82, 2.24) is 0 Å². The first-order chi connectivity index (χ1) is 7.54. The Balaban J connectivity index is 0.00000256. The molecule has 17 heavy (non-hydrogen) atoms. The van der Waals surface area contributed by atoms with Gasteiger partial charge in [0.1, 0.15) is 5.75 Å². The van der Waals surface area contributed by atoms with E-state index >= 15 is 0 Å². The highest BCUT2D eigenvalue weighted by atomic mass is 79.9. The Labute approximate surface area is 118 Å². The topological polar surface area (TPSA) is 35.2 Å². The lowest BCUT2D eigenvalue weighted by Crippen LogP contribution is -2.14. The van der Waals surface area contributed by atoms with Crippen LogP contribution in [-0.2, 0) is 0 Å². The normalized spacial score (nSPS) is 12.1. The highest BCUT2D eigenvalue weighted by Gasteiger charge is 2.14. The van der Waals surface area contributed by atoms with Crippen molar-refractivity contribution in [2.75, 3.05) is 6.61 Å². The summed E-state index contributed by atoms with van der Waals surface area (Å²) < 4.78 is 6.64. The van der Waals surface area contributed by atoms with Gasteiger partial charge in [-0.2, -0.15) is 0 Å². The van der Waals surface area contributed by atoms with Gasteiger partial charge in [-0.25, -0.2) is 0 Å². The molecule has 0 amide bonds. The summed E-state index contributed by atoms with van der Waals surface area (Å²) in [5, 5.41) is 0. The van der Waals surface area contributed by atoms with Crippen molar-refractivity contribution in [3.05, 3.63) is 28.2 Å². The molecule has 4 heteroatoms. The SMILES string of the molecule is CCOc1ccc(Br)cc1[C@@H](N)CC(C)C.Cl. The van der Waals surface area contributed by atoms with Crippen molar-refractivity contribution in [3.8, 4) is 5.75 Å². The monoisotopic (exact) mass is 321 g/mol. The van der Waals surface area contributed by atoms with E-state index in [-0.39, 0.29) is 18.4 Å². The van der Waals surface area contributed by atoms with Crippen LogP contribution in [0.3, 0.4) is 0 Å². The van der Waals surface area contributed by atoms with E-state index < -0.39 is 0 Å². The first-order valence-corrected chi connectivity index (χ1v) is 6.51. The van der Waals surface area contributed by atoms with Crippen LogP contribution in [0.25, 0.3) is 0 Å². The molecule has 0 aliphatic carbocycles.